The van der Waals surface area contributed by atoms with Gasteiger partial charge in [0.25, 0.3) is 0 Å². The Morgan fingerprint density at radius 3 is 2.56 bits per heavy atom. The SMILES string of the molecule is Cc1ccc(F)c(Nc2ccc(C#N)c(C)c2)c1. The summed E-state index contributed by atoms with van der Waals surface area (Å²) < 4.78 is 13.6. The third-order valence-corrected chi connectivity index (χ3v) is 2.75. The molecule has 18 heavy (non-hydrogen) atoms. The molecule has 1 N–H and O–H groups in total. The van der Waals surface area contributed by atoms with Gasteiger partial charge >= 0.3 is 0 Å². The summed E-state index contributed by atoms with van der Waals surface area (Å²) in [7, 11) is 0. The zero-order chi connectivity index (χ0) is 13.1. The van der Waals surface area contributed by atoms with Crippen LogP contribution in [0.15, 0.2) is 36.4 Å². The highest BCUT2D eigenvalue weighted by molar-refractivity contribution is 5.63. The molecular weight excluding hydrogens is 227 g/mol. The lowest BCUT2D eigenvalue weighted by atomic mass is 10.1. The number of nitriles is 1. The van der Waals surface area contributed by atoms with E-state index in [-0.39, 0.29) is 5.82 Å². The summed E-state index contributed by atoms with van der Waals surface area (Å²) in [6.45, 7) is 3.77. The smallest absolute Gasteiger partial charge is 0.146 e. The topological polar surface area (TPSA) is 35.8 Å². The fraction of sp³-hybridized carbons (Fsp3) is 0.133. The van der Waals surface area contributed by atoms with Crippen LogP contribution in [0, 0.1) is 31.0 Å². The third-order valence-electron chi connectivity index (χ3n) is 2.75. The molecule has 0 saturated carbocycles. The number of hydrogen-bond acceptors (Lipinski definition) is 2. The van der Waals surface area contributed by atoms with Gasteiger partial charge in [-0.15, -0.1) is 0 Å². The molecule has 0 radical (unpaired) electrons. The van der Waals surface area contributed by atoms with Crippen molar-refractivity contribution in [1.82, 2.24) is 0 Å². The maximum atomic E-state index is 13.6. The molecule has 2 aromatic carbocycles. The largest absolute Gasteiger partial charge is 0.353 e. The number of rotatable bonds is 2. The fourth-order valence-corrected chi connectivity index (χ4v) is 1.76. The Morgan fingerprint density at radius 2 is 1.89 bits per heavy atom. The monoisotopic (exact) mass is 240 g/mol. The highest BCUT2D eigenvalue weighted by Gasteiger charge is 2.04. The van der Waals surface area contributed by atoms with Crippen LogP contribution in [0.4, 0.5) is 15.8 Å². The quantitative estimate of drug-likeness (QED) is 0.859. The van der Waals surface area contributed by atoms with E-state index in [0.717, 1.165) is 16.8 Å². The van der Waals surface area contributed by atoms with Gasteiger partial charge in [0.15, 0.2) is 0 Å². The van der Waals surface area contributed by atoms with E-state index in [9.17, 15) is 4.39 Å². The van der Waals surface area contributed by atoms with Crippen LogP contribution < -0.4 is 5.32 Å². The van der Waals surface area contributed by atoms with Crippen molar-refractivity contribution in [2.75, 3.05) is 5.32 Å². The molecule has 0 unspecified atom stereocenters. The van der Waals surface area contributed by atoms with Gasteiger partial charge in [-0.3, -0.25) is 0 Å². The zero-order valence-corrected chi connectivity index (χ0v) is 10.3. The number of benzene rings is 2. The first kappa shape index (κ1) is 12.1. The first-order valence-corrected chi connectivity index (χ1v) is 5.64. The van der Waals surface area contributed by atoms with Gasteiger partial charge in [-0.05, 0) is 55.3 Å². The Morgan fingerprint density at radius 1 is 1.11 bits per heavy atom. The molecule has 0 heterocycles. The van der Waals surface area contributed by atoms with E-state index in [0.29, 0.717) is 11.3 Å². The van der Waals surface area contributed by atoms with Gasteiger partial charge in [0.05, 0.1) is 17.3 Å². The Balaban J connectivity index is 2.32. The molecule has 0 aliphatic heterocycles. The third kappa shape index (κ3) is 2.49. The van der Waals surface area contributed by atoms with Crippen LogP contribution in [0.25, 0.3) is 0 Å². The van der Waals surface area contributed by atoms with Crippen molar-refractivity contribution in [3.05, 3.63) is 58.9 Å². The predicted octanol–water partition coefficient (Wildman–Crippen LogP) is 4.06. The molecule has 0 aliphatic rings. The van der Waals surface area contributed by atoms with Crippen molar-refractivity contribution in [3.63, 3.8) is 0 Å². The molecule has 0 fully saturated rings. The van der Waals surface area contributed by atoms with E-state index >= 15 is 0 Å². The lowest BCUT2D eigenvalue weighted by molar-refractivity contribution is 0.631. The molecule has 0 atom stereocenters. The summed E-state index contributed by atoms with van der Waals surface area (Å²) in [5.74, 6) is -0.289. The summed E-state index contributed by atoms with van der Waals surface area (Å²) in [4.78, 5) is 0. The second-order valence-corrected chi connectivity index (χ2v) is 4.25. The summed E-state index contributed by atoms with van der Waals surface area (Å²) in [6, 6.07) is 12.4. The van der Waals surface area contributed by atoms with Crippen LogP contribution in [0.2, 0.25) is 0 Å². The molecule has 90 valence electrons. The molecule has 2 rings (SSSR count). The Bertz CT molecular complexity index is 627. The maximum absolute atomic E-state index is 13.6. The first-order valence-electron chi connectivity index (χ1n) is 5.64. The van der Waals surface area contributed by atoms with Crippen LogP contribution in [-0.4, -0.2) is 0 Å². The van der Waals surface area contributed by atoms with E-state index in [4.69, 9.17) is 5.26 Å². The van der Waals surface area contributed by atoms with Gasteiger partial charge in [-0.25, -0.2) is 4.39 Å². The summed E-state index contributed by atoms with van der Waals surface area (Å²) in [6.07, 6.45) is 0. The van der Waals surface area contributed by atoms with Crippen LogP contribution in [0.3, 0.4) is 0 Å². The number of nitrogens with one attached hydrogen (secondary N) is 1. The standard InChI is InChI=1S/C15H13FN2/c1-10-3-6-14(16)15(7-10)18-13-5-4-12(9-17)11(2)8-13/h3-8,18H,1-2H3. The lowest BCUT2D eigenvalue weighted by Gasteiger charge is -2.09. The minimum atomic E-state index is -0.289. The molecule has 3 heteroatoms. The van der Waals surface area contributed by atoms with E-state index < -0.39 is 0 Å². The van der Waals surface area contributed by atoms with Gasteiger partial charge in [0, 0.05) is 5.69 Å². The minimum absolute atomic E-state index is 0.289. The van der Waals surface area contributed by atoms with Crippen molar-refractivity contribution in [2.24, 2.45) is 0 Å². The van der Waals surface area contributed by atoms with E-state index in [1.807, 2.05) is 19.9 Å². The number of hydrogen-bond donors (Lipinski definition) is 1. The summed E-state index contributed by atoms with van der Waals surface area (Å²) in [5, 5.41) is 11.9. The highest BCUT2D eigenvalue weighted by Crippen LogP contribution is 2.22. The van der Waals surface area contributed by atoms with Gasteiger partial charge < -0.3 is 5.32 Å². The average molecular weight is 240 g/mol. The molecule has 2 nitrogen and oxygen atoms in total. The van der Waals surface area contributed by atoms with E-state index in [1.165, 1.54) is 6.07 Å². The Kier molecular flexibility index (Phi) is 3.29. The molecular formula is C15H13FN2. The Hall–Kier alpha value is -2.34. The second kappa shape index (κ2) is 4.89. The maximum Gasteiger partial charge on any atom is 0.146 e. The summed E-state index contributed by atoms with van der Waals surface area (Å²) >= 11 is 0. The van der Waals surface area contributed by atoms with Gasteiger partial charge in [0.1, 0.15) is 5.82 Å². The van der Waals surface area contributed by atoms with Crippen molar-refractivity contribution in [2.45, 2.75) is 13.8 Å². The molecule has 2 aromatic rings. The van der Waals surface area contributed by atoms with Crippen LogP contribution >= 0.6 is 0 Å². The number of anilines is 2. The van der Waals surface area contributed by atoms with Gasteiger partial charge in [-0.2, -0.15) is 5.26 Å². The van der Waals surface area contributed by atoms with Crippen LogP contribution in [0.5, 0.6) is 0 Å². The fourth-order valence-electron chi connectivity index (χ4n) is 1.76. The molecule has 0 spiro atoms. The molecule has 0 aliphatic carbocycles. The van der Waals surface area contributed by atoms with Gasteiger partial charge in [0.2, 0.25) is 0 Å². The number of nitrogens with zero attached hydrogens (tertiary/aromatic N) is 1. The second-order valence-electron chi connectivity index (χ2n) is 4.25. The van der Waals surface area contributed by atoms with Crippen LogP contribution in [-0.2, 0) is 0 Å². The van der Waals surface area contributed by atoms with Crippen molar-refractivity contribution in [3.8, 4) is 6.07 Å². The van der Waals surface area contributed by atoms with Crippen molar-refractivity contribution in [1.29, 1.82) is 5.26 Å². The minimum Gasteiger partial charge on any atom is -0.353 e. The van der Waals surface area contributed by atoms with Crippen molar-refractivity contribution >= 4 is 11.4 Å². The average Bonchev–Trinajstić information content (AvgIpc) is 2.34. The lowest BCUT2D eigenvalue weighted by Crippen LogP contribution is -1.95. The van der Waals surface area contributed by atoms with E-state index in [1.54, 1.807) is 24.3 Å². The molecule has 0 aromatic heterocycles. The predicted molar refractivity (Wildman–Crippen MR) is 70.3 cm³/mol. The van der Waals surface area contributed by atoms with Gasteiger partial charge in [-0.1, -0.05) is 6.07 Å². The normalized spacial score (nSPS) is 9.89. The Labute approximate surface area is 106 Å². The molecule has 0 saturated heterocycles. The van der Waals surface area contributed by atoms with Crippen molar-refractivity contribution < 1.29 is 4.39 Å². The van der Waals surface area contributed by atoms with Crippen LogP contribution in [0.1, 0.15) is 16.7 Å². The molecule has 0 amide bonds. The zero-order valence-electron chi connectivity index (χ0n) is 10.3. The summed E-state index contributed by atoms with van der Waals surface area (Å²) in [5.41, 5.74) is 3.71. The van der Waals surface area contributed by atoms with E-state index in [2.05, 4.69) is 11.4 Å². The molecule has 0 bridgehead atoms. The number of halogens is 1. The number of aryl methyl sites for hydroxylation is 2. The first-order chi connectivity index (χ1) is 8.60. The highest BCUT2D eigenvalue weighted by atomic mass is 19.1.